The van der Waals surface area contributed by atoms with Gasteiger partial charge < -0.3 is 16.0 Å². The molecule has 0 radical (unpaired) electrons. The molecule has 108 valence electrons. The zero-order chi connectivity index (χ0) is 14.5. The van der Waals surface area contributed by atoms with Gasteiger partial charge in [0.1, 0.15) is 0 Å². The van der Waals surface area contributed by atoms with Gasteiger partial charge in [0.2, 0.25) is 11.8 Å². The van der Waals surface area contributed by atoms with Gasteiger partial charge in [-0.15, -0.1) is 0 Å². The van der Waals surface area contributed by atoms with Gasteiger partial charge in [-0.1, -0.05) is 6.92 Å². The molecule has 6 heteroatoms. The van der Waals surface area contributed by atoms with Crippen LogP contribution >= 0.6 is 0 Å². The Bertz CT molecular complexity index is 364. The molecular formula is C13H23N3O3. The third-order valence-electron chi connectivity index (χ3n) is 3.37. The van der Waals surface area contributed by atoms with Crippen molar-refractivity contribution in [3.8, 4) is 0 Å². The first-order chi connectivity index (χ1) is 8.91. The smallest absolute Gasteiger partial charge is 0.240 e. The molecule has 0 aromatic rings. The van der Waals surface area contributed by atoms with Crippen molar-refractivity contribution in [1.82, 2.24) is 16.0 Å². The maximum atomic E-state index is 12.0. The highest BCUT2D eigenvalue weighted by molar-refractivity contribution is 5.93. The summed E-state index contributed by atoms with van der Waals surface area (Å²) in [6.45, 7) is 5.98. The Morgan fingerprint density at radius 2 is 1.84 bits per heavy atom. The third-order valence-corrected chi connectivity index (χ3v) is 3.37. The number of carbonyl (C=O) groups excluding carboxylic acids is 3. The Morgan fingerprint density at radius 1 is 1.21 bits per heavy atom. The van der Waals surface area contributed by atoms with Gasteiger partial charge in [0.15, 0.2) is 5.78 Å². The average Bonchev–Trinajstić information content (AvgIpc) is 3.15. The molecule has 1 atom stereocenters. The average molecular weight is 269 g/mol. The van der Waals surface area contributed by atoms with Gasteiger partial charge in [-0.05, 0) is 26.7 Å². The van der Waals surface area contributed by atoms with E-state index in [0.717, 1.165) is 12.8 Å². The Hall–Kier alpha value is -1.43. The lowest BCUT2D eigenvalue weighted by Gasteiger charge is -2.19. The van der Waals surface area contributed by atoms with Crippen molar-refractivity contribution >= 4 is 17.6 Å². The number of Topliss-reactive ketones (excluding diaryl/α,β-unsaturated/α-hetero) is 1. The van der Waals surface area contributed by atoms with E-state index in [4.69, 9.17) is 0 Å². The maximum absolute atomic E-state index is 12.0. The molecule has 1 fully saturated rings. The minimum atomic E-state index is -0.541. The predicted octanol–water partition coefficient (Wildman–Crippen LogP) is -0.271. The van der Waals surface area contributed by atoms with Gasteiger partial charge in [0.05, 0.1) is 11.6 Å². The Morgan fingerprint density at radius 3 is 2.32 bits per heavy atom. The fraction of sp³-hybridized carbons (Fsp3) is 0.769. The lowest BCUT2D eigenvalue weighted by Crippen LogP contribution is -2.52. The topological polar surface area (TPSA) is 87.3 Å². The first-order valence-corrected chi connectivity index (χ1v) is 6.74. The van der Waals surface area contributed by atoms with E-state index in [-0.39, 0.29) is 17.6 Å². The minimum absolute atomic E-state index is 0.00120. The highest BCUT2D eigenvalue weighted by Crippen LogP contribution is 2.35. The van der Waals surface area contributed by atoms with Crippen LogP contribution in [0.15, 0.2) is 0 Å². The molecule has 0 heterocycles. The van der Waals surface area contributed by atoms with Crippen LogP contribution in [0.1, 0.15) is 40.0 Å². The van der Waals surface area contributed by atoms with Crippen LogP contribution in [0.5, 0.6) is 0 Å². The first kappa shape index (κ1) is 15.6. The molecule has 1 saturated carbocycles. The molecular weight excluding hydrogens is 246 g/mol. The molecule has 2 amide bonds. The molecule has 3 N–H and O–H groups in total. The molecule has 19 heavy (non-hydrogen) atoms. The normalized spacial score (nSPS) is 17.4. The van der Waals surface area contributed by atoms with Gasteiger partial charge in [0.25, 0.3) is 0 Å². The Labute approximate surface area is 113 Å². The fourth-order valence-electron chi connectivity index (χ4n) is 1.67. The zero-order valence-corrected chi connectivity index (χ0v) is 11.8. The highest BCUT2D eigenvalue weighted by atomic mass is 16.2. The van der Waals surface area contributed by atoms with Crippen LogP contribution < -0.4 is 16.0 Å². The number of amides is 2. The molecule has 0 aliphatic heterocycles. The van der Waals surface area contributed by atoms with Crippen LogP contribution in [-0.4, -0.2) is 42.3 Å². The van der Waals surface area contributed by atoms with E-state index in [0.29, 0.717) is 19.5 Å². The summed E-state index contributed by atoms with van der Waals surface area (Å²) in [5.74, 6) is -0.183. The molecule has 1 rings (SSSR count). The molecule has 1 aliphatic carbocycles. The van der Waals surface area contributed by atoms with Crippen LogP contribution in [0.2, 0.25) is 0 Å². The van der Waals surface area contributed by atoms with Gasteiger partial charge in [0, 0.05) is 19.5 Å². The van der Waals surface area contributed by atoms with Crippen LogP contribution in [0.4, 0.5) is 0 Å². The first-order valence-electron chi connectivity index (χ1n) is 6.74. The lowest BCUT2D eigenvalue weighted by molar-refractivity contribution is -0.128. The van der Waals surface area contributed by atoms with Crippen LogP contribution in [0, 0.1) is 0 Å². The van der Waals surface area contributed by atoms with E-state index in [1.54, 1.807) is 13.8 Å². The van der Waals surface area contributed by atoms with E-state index >= 15 is 0 Å². The highest BCUT2D eigenvalue weighted by Gasteiger charge is 2.49. The molecule has 0 bridgehead atoms. The summed E-state index contributed by atoms with van der Waals surface area (Å²) in [6, 6.07) is -0.452. The van der Waals surface area contributed by atoms with Crippen molar-refractivity contribution < 1.29 is 14.4 Å². The van der Waals surface area contributed by atoms with Crippen molar-refractivity contribution in [2.24, 2.45) is 0 Å². The summed E-state index contributed by atoms with van der Waals surface area (Å²) >= 11 is 0. The number of rotatable bonds is 8. The summed E-state index contributed by atoms with van der Waals surface area (Å²) in [5.41, 5.74) is -0.541. The molecule has 0 aromatic heterocycles. The number of carbonyl (C=O) groups is 3. The fourth-order valence-corrected chi connectivity index (χ4v) is 1.67. The van der Waals surface area contributed by atoms with Crippen LogP contribution in [0.3, 0.4) is 0 Å². The molecule has 6 nitrogen and oxygen atoms in total. The van der Waals surface area contributed by atoms with Crippen LogP contribution in [0.25, 0.3) is 0 Å². The van der Waals surface area contributed by atoms with Crippen molar-refractivity contribution in [3.63, 3.8) is 0 Å². The summed E-state index contributed by atoms with van der Waals surface area (Å²) in [5, 5.41) is 8.60. The largest absolute Gasteiger partial charge is 0.355 e. The number of hydrogen-bond donors (Lipinski definition) is 3. The van der Waals surface area contributed by atoms with Gasteiger partial charge >= 0.3 is 0 Å². The standard InChI is InChI=1S/C13H23N3O3/c1-4-11(18)14-7-8-15-13(5-6-13)12(19)16-9(2)10(3)17/h9,15H,4-8H2,1-3H3,(H,14,18)(H,16,19)/t9-/m0/s1. The second-order valence-corrected chi connectivity index (χ2v) is 5.02. The van der Waals surface area contributed by atoms with E-state index in [2.05, 4.69) is 16.0 Å². The second-order valence-electron chi connectivity index (χ2n) is 5.02. The molecule has 1 aliphatic rings. The molecule has 0 aromatic carbocycles. The number of hydrogen-bond acceptors (Lipinski definition) is 4. The Balaban J connectivity index is 2.30. The van der Waals surface area contributed by atoms with Crippen molar-refractivity contribution in [1.29, 1.82) is 0 Å². The molecule has 0 saturated heterocycles. The Kier molecular flexibility index (Phi) is 5.47. The number of nitrogens with one attached hydrogen (secondary N) is 3. The van der Waals surface area contributed by atoms with Crippen molar-refractivity contribution in [2.75, 3.05) is 13.1 Å². The summed E-state index contributed by atoms with van der Waals surface area (Å²) < 4.78 is 0. The van der Waals surface area contributed by atoms with Gasteiger partial charge in [-0.25, -0.2) is 0 Å². The predicted molar refractivity (Wildman–Crippen MR) is 71.6 cm³/mol. The van der Waals surface area contributed by atoms with Gasteiger partial charge in [-0.3, -0.25) is 14.4 Å². The van der Waals surface area contributed by atoms with E-state index < -0.39 is 11.6 Å². The van der Waals surface area contributed by atoms with Crippen molar-refractivity contribution in [2.45, 2.75) is 51.6 Å². The summed E-state index contributed by atoms with van der Waals surface area (Å²) in [6.07, 6.45) is 2.00. The quantitative estimate of drug-likeness (QED) is 0.529. The summed E-state index contributed by atoms with van der Waals surface area (Å²) in [7, 11) is 0. The van der Waals surface area contributed by atoms with E-state index in [9.17, 15) is 14.4 Å². The van der Waals surface area contributed by atoms with E-state index in [1.807, 2.05) is 0 Å². The maximum Gasteiger partial charge on any atom is 0.240 e. The van der Waals surface area contributed by atoms with Crippen LogP contribution in [-0.2, 0) is 14.4 Å². The van der Waals surface area contributed by atoms with Crippen molar-refractivity contribution in [3.05, 3.63) is 0 Å². The summed E-state index contributed by atoms with van der Waals surface area (Å²) in [4.78, 5) is 34.2. The second kappa shape index (κ2) is 6.65. The van der Waals surface area contributed by atoms with E-state index in [1.165, 1.54) is 6.92 Å². The minimum Gasteiger partial charge on any atom is -0.355 e. The zero-order valence-electron chi connectivity index (χ0n) is 11.8. The molecule has 0 spiro atoms. The molecule has 0 unspecified atom stereocenters. The number of ketones is 1. The third kappa shape index (κ3) is 4.63. The SMILES string of the molecule is CCC(=O)NCCNC1(C(=O)N[C@@H](C)C(C)=O)CC1. The lowest BCUT2D eigenvalue weighted by atomic mass is 10.2. The van der Waals surface area contributed by atoms with Gasteiger partial charge in [-0.2, -0.15) is 0 Å². The monoisotopic (exact) mass is 269 g/mol.